The minimum atomic E-state index is -0.218. The molecule has 0 bridgehead atoms. The molecule has 2 heterocycles. The number of amides is 1. The van der Waals surface area contributed by atoms with E-state index in [-0.39, 0.29) is 24.6 Å². The average Bonchev–Trinajstić information content (AvgIpc) is 3.12. The van der Waals surface area contributed by atoms with Gasteiger partial charge in [-0.15, -0.1) is 0 Å². The van der Waals surface area contributed by atoms with Crippen LogP contribution in [0.1, 0.15) is 27.8 Å². The van der Waals surface area contributed by atoms with Crippen molar-refractivity contribution in [2.45, 2.75) is 40.8 Å². The van der Waals surface area contributed by atoms with Crippen LogP contribution in [0.15, 0.2) is 65.7 Å². The lowest BCUT2D eigenvalue weighted by Gasteiger charge is -2.14. The molecular formula is C29H27ClN4O2. The molecule has 0 saturated heterocycles. The Bertz CT molecular complexity index is 1690. The van der Waals surface area contributed by atoms with Gasteiger partial charge < -0.3 is 9.88 Å². The summed E-state index contributed by atoms with van der Waals surface area (Å²) in [5.74, 6) is -0.203. The largest absolute Gasteiger partial charge is 0.325 e. The molecule has 0 aliphatic carbocycles. The van der Waals surface area contributed by atoms with Crippen LogP contribution in [0.3, 0.4) is 0 Å². The lowest BCUT2D eigenvalue weighted by Crippen LogP contribution is -2.26. The maximum atomic E-state index is 13.7. The van der Waals surface area contributed by atoms with Gasteiger partial charge in [0.1, 0.15) is 17.6 Å². The Morgan fingerprint density at radius 1 is 0.972 bits per heavy atom. The van der Waals surface area contributed by atoms with Gasteiger partial charge in [-0.3, -0.25) is 14.2 Å². The van der Waals surface area contributed by atoms with Crippen molar-refractivity contribution in [2.75, 3.05) is 5.32 Å². The summed E-state index contributed by atoms with van der Waals surface area (Å²) in [5.41, 5.74) is 7.39. The lowest BCUT2D eigenvalue weighted by atomic mass is 10.1. The summed E-state index contributed by atoms with van der Waals surface area (Å²) in [6.07, 6.45) is 1.55. The van der Waals surface area contributed by atoms with Crippen LogP contribution in [0.2, 0.25) is 5.02 Å². The van der Waals surface area contributed by atoms with Crippen molar-refractivity contribution in [1.29, 1.82) is 0 Å². The van der Waals surface area contributed by atoms with E-state index in [1.807, 2.05) is 76.2 Å². The summed E-state index contributed by atoms with van der Waals surface area (Å²) >= 11 is 6.34. The molecule has 0 aliphatic rings. The summed E-state index contributed by atoms with van der Waals surface area (Å²) in [5, 5.41) is 4.50. The summed E-state index contributed by atoms with van der Waals surface area (Å²) in [6, 6.07) is 17.4. The summed E-state index contributed by atoms with van der Waals surface area (Å²) in [7, 11) is 0. The van der Waals surface area contributed by atoms with E-state index in [9.17, 15) is 9.59 Å². The maximum absolute atomic E-state index is 13.7. The average molecular weight is 499 g/mol. The van der Waals surface area contributed by atoms with Gasteiger partial charge in [0.2, 0.25) is 5.91 Å². The molecule has 1 N–H and O–H groups in total. The molecule has 0 aliphatic heterocycles. The molecule has 3 aromatic carbocycles. The van der Waals surface area contributed by atoms with Gasteiger partial charge in [-0.2, -0.15) is 0 Å². The number of carbonyl (C=O) groups is 1. The zero-order chi connectivity index (χ0) is 25.6. The molecular weight excluding hydrogens is 472 g/mol. The van der Waals surface area contributed by atoms with E-state index in [0.717, 1.165) is 44.4 Å². The fourth-order valence-electron chi connectivity index (χ4n) is 4.90. The van der Waals surface area contributed by atoms with Crippen molar-refractivity contribution in [3.63, 3.8) is 0 Å². The van der Waals surface area contributed by atoms with E-state index < -0.39 is 0 Å². The minimum absolute atomic E-state index is 0.0111. The van der Waals surface area contributed by atoms with E-state index in [0.29, 0.717) is 16.1 Å². The number of benzene rings is 3. The van der Waals surface area contributed by atoms with Crippen LogP contribution < -0.4 is 10.9 Å². The number of carbonyl (C=O) groups excluding carboxylic acids is 1. The fourth-order valence-corrected chi connectivity index (χ4v) is 5.10. The molecule has 0 saturated carbocycles. The number of rotatable bonds is 5. The Morgan fingerprint density at radius 3 is 2.42 bits per heavy atom. The van der Waals surface area contributed by atoms with Gasteiger partial charge in [-0.1, -0.05) is 59.1 Å². The van der Waals surface area contributed by atoms with Crippen LogP contribution in [-0.4, -0.2) is 20.0 Å². The van der Waals surface area contributed by atoms with Crippen molar-refractivity contribution < 1.29 is 4.79 Å². The van der Waals surface area contributed by atoms with Crippen molar-refractivity contribution in [3.8, 4) is 0 Å². The second-order valence-corrected chi connectivity index (χ2v) is 9.80. The van der Waals surface area contributed by atoms with Crippen LogP contribution in [0, 0.1) is 27.7 Å². The highest BCUT2D eigenvalue weighted by Gasteiger charge is 2.19. The zero-order valence-corrected chi connectivity index (χ0v) is 21.5. The van der Waals surface area contributed by atoms with E-state index in [2.05, 4.69) is 10.3 Å². The molecule has 0 unspecified atom stereocenters. The number of nitrogens with zero attached hydrogens (tertiary/aromatic N) is 3. The number of hydrogen-bond donors (Lipinski definition) is 1. The highest BCUT2D eigenvalue weighted by molar-refractivity contribution is 6.31. The van der Waals surface area contributed by atoms with Crippen LogP contribution in [0.25, 0.3) is 21.9 Å². The Kier molecular flexibility index (Phi) is 6.14. The lowest BCUT2D eigenvalue weighted by molar-refractivity contribution is -0.116. The zero-order valence-electron chi connectivity index (χ0n) is 20.7. The summed E-state index contributed by atoms with van der Waals surface area (Å²) in [4.78, 5) is 31.7. The Hall–Kier alpha value is -3.90. The maximum Gasteiger partial charge on any atom is 0.278 e. The predicted molar refractivity (Wildman–Crippen MR) is 146 cm³/mol. The number of nitrogens with one attached hydrogen (secondary N) is 1. The number of aromatic nitrogens is 3. The van der Waals surface area contributed by atoms with Gasteiger partial charge >= 0.3 is 0 Å². The van der Waals surface area contributed by atoms with Crippen molar-refractivity contribution in [2.24, 2.45) is 0 Å². The third-order valence-electron chi connectivity index (χ3n) is 6.52. The van der Waals surface area contributed by atoms with Gasteiger partial charge in [0.15, 0.2) is 0 Å². The van der Waals surface area contributed by atoms with E-state index in [1.165, 1.54) is 4.57 Å². The normalized spacial score (nSPS) is 11.4. The number of hydrogen-bond acceptors (Lipinski definition) is 3. The SMILES string of the molecule is Cc1cc(C)c(NC(=O)Cn2c3ccc(C)cc3c3ncn(Cc4ccccc4Cl)c(=O)c32)c(C)c1. The standard InChI is InChI=1S/C29H27ClN4O2/c1-17-9-10-24-22(13-17)27-28(29(36)33(16-31-27)14-21-7-5-6-8-23(21)30)34(24)15-25(35)32-26-19(3)11-18(2)12-20(26)4/h5-13,16H,14-15H2,1-4H3,(H,32,35). The van der Waals surface area contributed by atoms with Gasteiger partial charge in [-0.25, -0.2) is 4.98 Å². The minimum Gasteiger partial charge on any atom is -0.325 e. The van der Waals surface area contributed by atoms with Crippen molar-refractivity contribution in [1.82, 2.24) is 14.1 Å². The second kappa shape index (κ2) is 9.28. The third kappa shape index (κ3) is 4.29. The van der Waals surface area contributed by atoms with E-state index in [1.54, 1.807) is 17.0 Å². The molecule has 1 amide bonds. The molecule has 0 atom stereocenters. The van der Waals surface area contributed by atoms with Crippen molar-refractivity contribution in [3.05, 3.63) is 104 Å². The van der Waals surface area contributed by atoms with E-state index >= 15 is 0 Å². The Balaban J connectivity index is 1.61. The van der Waals surface area contributed by atoms with Gasteiger partial charge in [-0.05, 0) is 62.6 Å². The second-order valence-electron chi connectivity index (χ2n) is 9.39. The highest BCUT2D eigenvalue weighted by Crippen LogP contribution is 2.28. The molecule has 0 radical (unpaired) electrons. The van der Waals surface area contributed by atoms with Gasteiger partial charge in [0, 0.05) is 16.1 Å². The topological polar surface area (TPSA) is 68.9 Å². The summed E-state index contributed by atoms with van der Waals surface area (Å²) < 4.78 is 3.31. The molecule has 36 heavy (non-hydrogen) atoms. The molecule has 0 fully saturated rings. The molecule has 5 rings (SSSR count). The monoisotopic (exact) mass is 498 g/mol. The molecule has 2 aromatic heterocycles. The Morgan fingerprint density at radius 2 is 1.69 bits per heavy atom. The molecule has 7 heteroatoms. The van der Waals surface area contributed by atoms with E-state index in [4.69, 9.17) is 11.6 Å². The first-order valence-corrected chi connectivity index (χ1v) is 12.2. The molecule has 5 aromatic rings. The van der Waals surface area contributed by atoms with Crippen LogP contribution >= 0.6 is 11.6 Å². The van der Waals surface area contributed by atoms with Gasteiger partial charge in [0.05, 0.1) is 18.4 Å². The number of halogens is 1. The number of fused-ring (bicyclic) bond motifs is 3. The summed E-state index contributed by atoms with van der Waals surface area (Å²) in [6.45, 7) is 8.27. The molecule has 182 valence electrons. The van der Waals surface area contributed by atoms with Gasteiger partial charge in [0.25, 0.3) is 5.56 Å². The smallest absolute Gasteiger partial charge is 0.278 e. The predicted octanol–water partition coefficient (Wildman–Crippen LogP) is 5.93. The van der Waals surface area contributed by atoms with Crippen LogP contribution in [-0.2, 0) is 17.9 Å². The fraction of sp³-hybridized carbons (Fsp3) is 0.207. The first kappa shape index (κ1) is 23.8. The molecule has 0 spiro atoms. The van der Waals surface area contributed by atoms with Crippen LogP contribution in [0.5, 0.6) is 0 Å². The highest BCUT2D eigenvalue weighted by atomic mass is 35.5. The van der Waals surface area contributed by atoms with Crippen LogP contribution in [0.4, 0.5) is 5.69 Å². The molecule has 6 nitrogen and oxygen atoms in total. The Labute approximate surface area is 214 Å². The number of aryl methyl sites for hydroxylation is 4. The first-order chi connectivity index (χ1) is 17.2. The third-order valence-corrected chi connectivity index (χ3v) is 6.89. The number of anilines is 1. The first-order valence-electron chi connectivity index (χ1n) is 11.8. The van der Waals surface area contributed by atoms with Crippen molar-refractivity contribution >= 4 is 45.1 Å². The quantitative estimate of drug-likeness (QED) is 0.327.